The second-order valence-electron chi connectivity index (χ2n) is 4.51. The number of furan rings is 1. The molecule has 21 heavy (non-hydrogen) atoms. The topological polar surface area (TPSA) is 64.4 Å². The van der Waals surface area contributed by atoms with Gasteiger partial charge < -0.3 is 14.5 Å². The zero-order chi connectivity index (χ0) is 14.7. The highest BCUT2D eigenvalue weighted by Crippen LogP contribution is 2.23. The van der Waals surface area contributed by atoms with Crippen molar-refractivity contribution in [1.29, 1.82) is 0 Å². The SMILES string of the molecule is COC(=O)c1ccc(CNc2cccc3cnccc23)o1. The summed E-state index contributed by atoms with van der Waals surface area (Å²) < 4.78 is 10.0. The average Bonchev–Trinajstić information content (AvgIpc) is 3.01. The van der Waals surface area contributed by atoms with Crippen molar-refractivity contribution in [3.05, 3.63) is 60.3 Å². The van der Waals surface area contributed by atoms with Gasteiger partial charge >= 0.3 is 5.97 Å². The molecule has 0 bridgehead atoms. The lowest BCUT2D eigenvalue weighted by Crippen LogP contribution is -2.00. The Balaban J connectivity index is 1.77. The van der Waals surface area contributed by atoms with Crippen molar-refractivity contribution in [2.45, 2.75) is 6.54 Å². The number of fused-ring (bicyclic) bond motifs is 1. The fourth-order valence-corrected chi connectivity index (χ4v) is 2.14. The fourth-order valence-electron chi connectivity index (χ4n) is 2.14. The molecular formula is C16H14N2O3. The maximum absolute atomic E-state index is 11.3. The van der Waals surface area contributed by atoms with E-state index in [0.717, 1.165) is 16.5 Å². The van der Waals surface area contributed by atoms with Crippen molar-refractivity contribution >= 4 is 22.4 Å². The molecule has 0 aliphatic carbocycles. The number of carbonyl (C=O) groups excluding carboxylic acids is 1. The highest BCUT2D eigenvalue weighted by molar-refractivity contribution is 5.93. The number of pyridine rings is 1. The number of nitrogens with one attached hydrogen (secondary N) is 1. The van der Waals surface area contributed by atoms with E-state index >= 15 is 0 Å². The second-order valence-corrected chi connectivity index (χ2v) is 4.51. The van der Waals surface area contributed by atoms with Crippen LogP contribution in [0.5, 0.6) is 0 Å². The molecule has 5 nitrogen and oxygen atoms in total. The van der Waals surface area contributed by atoms with Crippen molar-refractivity contribution in [2.24, 2.45) is 0 Å². The van der Waals surface area contributed by atoms with Crippen LogP contribution in [0.15, 0.2) is 53.2 Å². The Kier molecular flexibility index (Phi) is 3.55. The molecule has 3 aromatic rings. The molecule has 106 valence electrons. The predicted octanol–water partition coefficient (Wildman–Crippen LogP) is 3.23. The summed E-state index contributed by atoms with van der Waals surface area (Å²) in [6, 6.07) is 11.3. The molecule has 0 fully saturated rings. The number of aromatic nitrogens is 1. The smallest absolute Gasteiger partial charge is 0.373 e. The van der Waals surface area contributed by atoms with Gasteiger partial charge in [-0.2, -0.15) is 0 Å². The number of benzene rings is 1. The van der Waals surface area contributed by atoms with E-state index in [4.69, 9.17) is 4.42 Å². The number of anilines is 1. The largest absolute Gasteiger partial charge is 0.463 e. The van der Waals surface area contributed by atoms with Gasteiger partial charge in [0.1, 0.15) is 5.76 Å². The van der Waals surface area contributed by atoms with E-state index in [0.29, 0.717) is 12.3 Å². The monoisotopic (exact) mass is 282 g/mol. The van der Waals surface area contributed by atoms with Gasteiger partial charge in [0.25, 0.3) is 0 Å². The summed E-state index contributed by atoms with van der Waals surface area (Å²) >= 11 is 0. The van der Waals surface area contributed by atoms with E-state index in [-0.39, 0.29) is 5.76 Å². The Morgan fingerprint density at radius 2 is 2.19 bits per heavy atom. The van der Waals surface area contributed by atoms with Gasteiger partial charge in [-0.25, -0.2) is 4.79 Å². The third kappa shape index (κ3) is 2.72. The number of rotatable bonds is 4. The minimum Gasteiger partial charge on any atom is -0.463 e. The Hall–Kier alpha value is -2.82. The van der Waals surface area contributed by atoms with Crippen LogP contribution in [0.4, 0.5) is 5.69 Å². The Bertz CT molecular complexity index is 775. The first kappa shape index (κ1) is 13.2. The van der Waals surface area contributed by atoms with Gasteiger partial charge in [-0.15, -0.1) is 0 Å². The summed E-state index contributed by atoms with van der Waals surface area (Å²) in [7, 11) is 1.33. The summed E-state index contributed by atoms with van der Waals surface area (Å²) in [6.45, 7) is 0.485. The van der Waals surface area contributed by atoms with Crippen molar-refractivity contribution in [3.63, 3.8) is 0 Å². The molecule has 1 aromatic carbocycles. The van der Waals surface area contributed by atoms with Crippen LogP contribution >= 0.6 is 0 Å². The quantitative estimate of drug-likeness (QED) is 0.744. The van der Waals surface area contributed by atoms with Crippen LogP contribution in [0.3, 0.4) is 0 Å². The van der Waals surface area contributed by atoms with Gasteiger partial charge in [-0.1, -0.05) is 12.1 Å². The van der Waals surface area contributed by atoms with Gasteiger partial charge in [0.15, 0.2) is 0 Å². The number of carbonyl (C=O) groups is 1. The van der Waals surface area contributed by atoms with Crippen LogP contribution in [0.2, 0.25) is 0 Å². The van der Waals surface area contributed by atoms with Gasteiger partial charge in [-0.3, -0.25) is 4.98 Å². The van der Waals surface area contributed by atoms with Crippen molar-refractivity contribution in [2.75, 3.05) is 12.4 Å². The van der Waals surface area contributed by atoms with Gasteiger partial charge in [0, 0.05) is 28.9 Å². The third-order valence-electron chi connectivity index (χ3n) is 3.18. The molecule has 0 unspecified atom stereocenters. The van der Waals surface area contributed by atoms with Gasteiger partial charge in [0.05, 0.1) is 13.7 Å². The zero-order valence-corrected chi connectivity index (χ0v) is 11.5. The van der Waals surface area contributed by atoms with Crippen molar-refractivity contribution < 1.29 is 13.9 Å². The molecule has 0 spiro atoms. The minimum absolute atomic E-state index is 0.205. The Morgan fingerprint density at radius 1 is 1.29 bits per heavy atom. The maximum Gasteiger partial charge on any atom is 0.373 e. The van der Waals surface area contributed by atoms with Gasteiger partial charge in [0.2, 0.25) is 5.76 Å². The third-order valence-corrected chi connectivity index (χ3v) is 3.18. The van der Waals surface area contributed by atoms with E-state index in [9.17, 15) is 4.79 Å². The fraction of sp³-hybridized carbons (Fsp3) is 0.125. The highest BCUT2D eigenvalue weighted by Gasteiger charge is 2.11. The maximum atomic E-state index is 11.3. The van der Waals surface area contributed by atoms with Crippen LogP contribution in [0.1, 0.15) is 16.3 Å². The zero-order valence-electron chi connectivity index (χ0n) is 11.5. The molecule has 3 rings (SSSR count). The molecular weight excluding hydrogens is 268 g/mol. The molecule has 0 aliphatic heterocycles. The van der Waals surface area contributed by atoms with Gasteiger partial charge in [-0.05, 0) is 24.3 Å². The molecule has 5 heteroatoms. The molecule has 0 atom stereocenters. The second kappa shape index (κ2) is 5.66. The molecule has 0 saturated carbocycles. The predicted molar refractivity (Wildman–Crippen MR) is 79.1 cm³/mol. The van der Waals surface area contributed by atoms with Crippen LogP contribution in [0.25, 0.3) is 10.8 Å². The Morgan fingerprint density at radius 3 is 3.05 bits per heavy atom. The number of ether oxygens (including phenoxy) is 1. The van der Waals surface area contributed by atoms with E-state index in [1.54, 1.807) is 18.3 Å². The van der Waals surface area contributed by atoms with E-state index in [1.165, 1.54) is 7.11 Å². The summed E-state index contributed by atoms with van der Waals surface area (Å²) in [5.41, 5.74) is 0.992. The van der Waals surface area contributed by atoms with Crippen molar-refractivity contribution in [1.82, 2.24) is 4.98 Å². The molecule has 0 saturated heterocycles. The first-order valence-corrected chi connectivity index (χ1v) is 6.51. The van der Waals surface area contributed by atoms with Crippen LogP contribution < -0.4 is 5.32 Å². The lowest BCUT2D eigenvalue weighted by atomic mass is 10.1. The standard InChI is InChI=1S/C16H14N2O3/c1-20-16(19)15-6-5-12(21-15)10-18-14-4-2-3-11-9-17-8-7-13(11)14/h2-9,18H,10H2,1H3. The Labute approximate surface area is 121 Å². The summed E-state index contributed by atoms with van der Waals surface area (Å²) in [4.78, 5) is 15.4. The molecule has 0 radical (unpaired) electrons. The number of methoxy groups -OCH3 is 1. The first-order valence-electron chi connectivity index (χ1n) is 6.51. The van der Waals surface area contributed by atoms with E-state index < -0.39 is 5.97 Å². The summed E-state index contributed by atoms with van der Waals surface area (Å²) in [6.07, 6.45) is 3.58. The molecule has 0 amide bonds. The number of nitrogens with zero attached hydrogens (tertiary/aromatic N) is 1. The summed E-state index contributed by atoms with van der Waals surface area (Å²) in [5.74, 6) is 0.398. The first-order chi connectivity index (χ1) is 10.3. The van der Waals surface area contributed by atoms with E-state index in [1.807, 2.05) is 30.5 Å². The van der Waals surface area contributed by atoms with Crippen LogP contribution in [-0.2, 0) is 11.3 Å². The molecule has 1 N–H and O–H groups in total. The molecule has 2 heterocycles. The highest BCUT2D eigenvalue weighted by atomic mass is 16.5. The van der Waals surface area contributed by atoms with Crippen LogP contribution in [0, 0.1) is 0 Å². The van der Waals surface area contributed by atoms with Crippen LogP contribution in [-0.4, -0.2) is 18.1 Å². The lowest BCUT2D eigenvalue weighted by molar-refractivity contribution is 0.0563. The van der Waals surface area contributed by atoms with E-state index in [2.05, 4.69) is 15.0 Å². The number of esters is 1. The molecule has 0 aliphatic rings. The summed E-state index contributed by atoms with van der Waals surface area (Å²) in [5, 5.41) is 5.46. The normalized spacial score (nSPS) is 10.5. The average molecular weight is 282 g/mol. The lowest BCUT2D eigenvalue weighted by Gasteiger charge is -2.08. The number of hydrogen-bond acceptors (Lipinski definition) is 5. The van der Waals surface area contributed by atoms with Crippen molar-refractivity contribution in [3.8, 4) is 0 Å². The minimum atomic E-state index is -0.475. The molecule has 2 aromatic heterocycles. The number of hydrogen-bond donors (Lipinski definition) is 1.